The van der Waals surface area contributed by atoms with Crippen LogP contribution in [-0.4, -0.2) is 36.1 Å². The maximum Gasteiger partial charge on any atom is 0.247 e. The van der Waals surface area contributed by atoms with E-state index in [-0.39, 0.29) is 18.3 Å². The van der Waals surface area contributed by atoms with Crippen molar-refractivity contribution >= 4 is 35.6 Å². The molecule has 154 valence electrons. The van der Waals surface area contributed by atoms with Gasteiger partial charge in [0, 0.05) is 29.8 Å². The SMILES string of the molecule is Cl.O=C1NCN(c2ccccc2)C12CCN(C1CCCc3cc(Cl)ccc31)CC2. The highest BCUT2D eigenvalue weighted by molar-refractivity contribution is 6.30. The lowest BCUT2D eigenvalue weighted by Gasteiger charge is -2.46. The number of para-hydroxylation sites is 1. The summed E-state index contributed by atoms with van der Waals surface area (Å²) in [5, 5.41) is 3.93. The Kier molecular flexibility index (Phi) is 5.78. The Bertz CT molecular complexity index is 881. The van der Waals surface area contributed by atoms with Crippen molar-refractivity contribution in [1.82, 2.24) is 10.2 Å². The van der Waals surface area contributed by atoms with Crippen molar-refractivity contribution in [2.24, 2.45) is 0 Å². The molecule has 2 fully saturated rings. The van der Waals surface area contributed by atoms with E-state index in [1.807, 2.05) is 24.3 Å². The summed E-state index contributed by atoms with van der Waals surface area (Å²) in [6, 6.07) is 17.2. The molecule has 1 atom stereocenters. The van der Waals surface area contributed by atoms with Crippen LogP contribution in [0.5, 0.6) is 0 Å². The number of benzene rings is 2. The van der Waals surface area contributed by atoms with E-state index in [9.17, 15) is 4.79 Å². The van der Waals surface area contributed by atoms with Gasteiger partial charge >= 0.3 is 0 Å². The van der Waals surface area contributed by atoms with E-state index in [0.717, 1.165) is 43.1 Å². The number of aryl methyl sites for hydroxylation is 1. The number of amides is 1. The average Bonchev–Trinajstić information content (AvgIpc) is 3.04. The summed E-state index contributed by atoms with van der Waals surface area (Å²) in [6.45, 7) is 2.50. The van der Waals surface area contributed by atoms with Crippen LogP contribution >= 0.6 is 24.0 Å². The first-order valence-electron chi connectivity index (χ1n) is 10.3. The molecule has 2 saturated heterocycles. The van der Waals surface area contributed by atoms with Gasteiger partial charge in [0.2, 0.25) is 5.91 Å². The van der Waals surface area contributed by atoms with E-state index in [1.165, 1.54) is 24.0 Å². The number of nitrogens with zero attached hydrogens (tertiary/aromatic N) is 2. The smallest absolute Gasteiger partial charge is 0.247 e. The lowest BCUT2D eigenvalue weighted by molar-refractivity contribution is -0.125. The molecule has 1 unspecified atom stereocenters. The second kappa shape index (κ2) is 8.17. The van der Waals surface area contributed by atoms with E-state index in [2.05, 4.69) is 39.4 Å². The van der Waals surface area contributed by atoms with Crippen LogP contribution in [0.2, 0.25) is 5.02 Å². The monoisotopic (exact) mass is 431 g/mol. The molecule has 2 heterocycles. The minimum atomic E-state index is -0.407. The Morgan fingerprint density at radius 3 is 2.59 bits per heavy atom. The number of piperidine rings is 1. The Morgan fingerprint density at radius 2 is 1.83 bits per heavy atom. The zero-order valence-corrected chi connectivity index (χ0v) is 18.0. The number of likely N-dealkylation sites (tertiary alicyclic amines) is 1. The van der Waals surface area contributed by atoms with Gasteiger partial charge < -0.3 is 10.2 Å². The third-order valence-corrected chi connectivity index (χ3v) is 7.09. The number of fused-ring (bicyclic) bond motifs is 1. The van der Waals surface area contributed by atoms with Crippen LogP contribution < -0.4 is 10.2 Å². The Balaban J connectivity index is 0.00000205. The van der Waals surface area contributed by atoms with Gasteiger partial charge in [-0.05, 0) is 67.5 Å². The molecule has 4 nitrogen and oxygen atoms in total. The molecule has 3 aliphatic rings. The fourth-order valence-corrected chi connectivity index (χ4v) is 5.57. The van der Waals surface area contributed by atoms with Crippen LogP contribution in [-0.2, 0) is 11.2 Å². The van der Waals surface area contributed by atoms with Crippen LogP contribution in [0, 0.1) is 0 Å². The molecule has 0 aromatic heterocycles. The number of carbonyl (C=O) groups excluding carboxylic acids is 1. The molecule has 1 N–H and O–H groups in total. The molecule has 0 saturated carbocycles. The lowest BCUT2D eigenvalue weighted by atomic mass is 9.82. The van der Waals surface area contributed by atoms with Gasteiger partial charge in [0.25, 0.3) is 0 Å². The number of hydrogen-bond donors (Lipinski definition) is 1. The first-order valence-corrected chi connectivity index (χ1v) is 10.7. The number of rotatable bonds is 2. The topological polar surface area (TPSA) is 35.6 Å². The molecule has 2 aromatic rings. The maximum absolute atomic E-state index is 12.9. The Hall–Kier alpha value is -1.75. The van der Waals surface area contributed by atoms with Crippen molar-refractivity contribution in [3.63, 3.8) is 0 Å². The summed E-state index contributed by atoms with van der Waals surface area (Å²) >= 11 is 6.22. The first kappa shape index (κ1) is 20.5. The first-order chi connectivity index (χ1) is 13.7. The van der Waals surface area contributed by atoms with Crippen molar-refractivity contribution in [3.05, 3.63) is 64.7 Å². The van der Waals surface area contributed by atoms with Gasteiger partial charge in [0.15, 0.2) is 0 Å². The van der Waals surface area contributed by atoms with Gasteiger partial charge in [-0.15, -0.1) is 12.4 Å². The second-order valence-corrected chi connectivity index (χ2v) is 8.68. The number of nitrogens with one attached hydrogen (secondary N) is 1. The van der Waals surface area contributed by atoms with Crippen LogP contribution in [0.25, 0.3) is 0 Å². The van der Waals surface area contributed by atoms with Crippen molar-refractivity contribution in [1.29, 1.82) is 0 Å². The van der Waals surface area contributed by atoms with Crippen molar-refractivity contribution in [3.8, 4) is 0 Å². The Labute approximate surface area is 183 Å². The van der Waals surface area contributed by atoms with E-state index in [4.69, 9.17) is 11.6 Å². The summed E-state index contributed by atoms with van der Waals surface area (Å²) in [5.74, 6) is 0.187. The molecule has 1 amide bonds. The van der Waals surface area contributed by atoms with E-state index < -0.39 is 5.54 Å². The van der Waals surface area contributed by atoms with Gasteiger partial charge in [-0.2, -0.15) is 0 Å². The predicted octanol–water partition coefficient (Wildman–Crippen LogP) is 4.57. The van der Waals surface area contributed by atoms with Crippen LogP contribution in [0.3, 0.4) is 0 Å². The molecule has 2 aromatic carbocycles. The van der Waals surface area contributed by atoms with Gasteiger partial charge in [-0.3, -0.25) is 9.69 Å². The summed E-state index contributed by atoms with van der Waals surface area (Å²) in [4.78, 5) is 17.7. The third-order valence-electron chi connectivity index (χ3n) is 6.86. The maximum atomic E-state index is 12.9. The molecule has 1 spiro atoms. The van der Waals surface area contributed by atoms with E-state index >= 15 is 0 Å². The van der Waals surface area contributed by atoms with Gasteiger partial charge in [0.05, 0.1) is 6.67 Å². The highest BCUT2D eigenvalue weighted by Crippen LogP contribution is 2.41. The Morgan fingerprint density at radius 1 is 1.07 bits per heavy atom. The van der Waals surface area contributed by atoms with Gasteiger partial charge in [-0.25, -0.2) is 0 Å². The van der Waals surface area contributed by atoms with Crippen LogP contribution in [0.4, 0.5) is 5.69 Å². The second-order valence-electron chi connectivity index (χ2n) is 8.25. The van der Waals surface area contributed by atoms with E-state index in [1.54, 1.807) is 0 Å². The van der Waals surface area contributed by atoms with Crippen molar-refractivity contribution in [2.75, 3.05) is 24.7 Å². The van der Waals surface area contributed by atoms with E-state index in [0.29, 0.717) is 12.7 Å². The molecule has 29 heavy (non-hydrogen) atoms. The zero-order valence-electron chi connectivity index (χ0n) is 16.4. The largest absolute Gasteiger partial charge is 0.339 e. The van der Waals surface area contributed by atoms with Crippen molar-refractivity contribution in [2.45, 2.75) is 43.7 Å². The molecule has 6 heteroatoms. The minimum absolute atomic E-state index is 0. The number of halogens is 2. The normalized spacial score (nSPS) is 23.4. The fraction of sp³-hybridized carbons (Fsp3) is 0.435. The predicted molar refractivity (Wildman–Crippen MR) is 120 cm³/mol. The standard InChI is InChI=1S/C23H26ClN3O.ClH/c24-18-9-10-20-17(15-18)5-4-8-21(20)26-13-11-23(12-14-26)22(28)25-16-27(23)19-6-2-1-3-7-19;/h1-3,6-7,9-10,15,21H,4-5,8,11-14,16H2,(H,25,28);1H. The molecule has 2 aliphatic heterocycles. The lowest BCUT2D eigenvalue weighted by Crippen LogP contribution is -2.57. The highest BCUT2D eigenvalue weighted by Gasteiger charge is 2.51. The minimum Gasteiger partial charge on any atom is -0.339 e. The van der Waals surface area contributed by atoms with Gasteiger partial charge in [-0.1, -0.05) is 35.9 Å². The van der Waals surface area contributed by atoms with Crippen LogP contribution in [0.15, 0.2) is 48.5 Å². The zero-order chi connectivity index (χ0) is 19.1. The molecular formula is C23H27Cl2N3O. The summed E-state index contributed by atoms with van der Waals surface area (Å²) in [5.41, 5.74) is 3.55. The molecule has 5 rings (SSSR count). The highest BCUT2D eigenvalue weighted by atomic mass is 35.5. The van der Waals surface area contributed by atoms with Gasteiger partial charge in [0.1, 0.15) is 5.54 Å². The summed E-state index contributed by atoms with van der Waals surface area (Å²) < 4.78 is 0. The van der Waals surface area contributed by atoms with Crippen molar-refractivity contribution < 1.29 is 4.79 Å². The number of carbonyl (C=O) groups is 1. The third kappa shape index (κ3) is 3.52. The molecule has 0 radical (unpaired) electrons. The quantitative estimate of drug-likeness (QED) is 0.756. The number of anilines is 1. The molecular weight excluding hydrogens is 405 g/mol. The number of hydrogen-bond acceptors (Lipinski definition) is 3. The van der Waals surface area contributed by atoms with Crippen LogP contribution in [0.1, 0.15) is 42.9 Å². The fourth-order valence-electron chi connectivity index (χ4n) is 5.37. The molecule has 1 aliphatic carbocycles. The summed E-state index contributed by atoms with van der Waals surface area (Å²) in [7, 11) is 0. The average molecular weight is 432 g/mol. The molecule has 0 bridgehead atoms. The summed E-state index contributed by atoms with van der Waals surface area (Å²) in [6.07, 6.45) is 5.25.